The van der Waals surface area contributed by atoms with Gasteiger partial charge in [0.25, 0.3) is 5.91 Å². The van der Waals surface area contributed by atoms with Gasteiger partial charge in [-0.2, -0.15) is 0 Å². The predicted octanol–water partition coefficient (Wildman–Crippen LogP) is 2.92. The first-order chi connectivity index (χ1) is 14.7. The van der Waals surface area contributed by atoms with E-state index in [2.05, 4.69) is 15.9 Å². The number of nitro benzene ring substituents is 1. The maximum absolute atomic E-state index is 12.6. The fraction of sp³-hybridized carbons (Fsp3) is 0. The Morgan fingerprint density at radius 2 is 1.81 bits per heavy atom. The maximum atomic E-state index is 12.6. The number of ether oxygens (including phenoxy) is 1. The summed E-state index contributed by atoms with van der Waals surface area (Å²) in [6.07, 6.45) is 0. The number of benzene rings is 2. The number of carbonyl (C=O) groups is 3. The zero-order valence-corrected chi connectivity index (χ0v) is 16.9. The third kappa shape index (κ3) is 4.29. The highest BCUT2D eigenvalue weighted by Gasteiger charge is 2.33. The molecule has 0 fully saturated rings. The summed E-state index contributed by atoms with van der Waals surface area (Å²) in [5.74, 6) is -0.00604. The molecule has 0 aliphatic rings. The maximum Gasteiger partial charge on any atom is 0.382 e. The van der Waals surface area contributed by atoms with E-state index in [0.29, 0.717) is 11.1 Å². The Labute approximate surface area is 181 Å². The molecule has 0 aliphatic carbocycles. The number of aromatic hydroxyl groups is 1. The van der Waals surface area contributed by atoms with Gasteiger partial charge in [-0.1, -0.05) is 30.3 Å². The van der Waals surface area contributed by atoms with Gasteiger partial charge in [0, 0.05) is 5.56 Å². The second-order valence-corrected chi connectivity index (χ2v) is 6.70. The van der Waals surface area contributed by atoms with E-state index in [0.717, 1.165) is 12.1 Å². The number of hydrogen-bond acceptors (Lipinski definition) is 9. The van der Waals surface area contributed by atoms with E-state index in [1.807, 2.05) is 0 Å². The van der Waals surface area contributed by atoms with Crippen molar-refractivity contribution < 1.29 is 33.6 Å². The van der Waals surface area contributed by atoms with Crippen molar-refractivity contribution in [2.75, 3.05) is 0 Å². The molecule has 0 bridgehead atoms. The monoisotopic (exact) mass is 489 g/mol. The zero-order valence-electron chi connectivity index (χ0n) is 15.3. The molecule has 0 unspecified atom stereocenters. The predicted molar refractivity (Wildman–Crippen MR) is 108 cm³/mol. The average Bonchev–Trinajstić information content (AvgIpc) is 3.15. The summed E-state index contributed by atoms with van der Waals surface area (Å²) in [5, 5.41) is 21.0. The molecule has 2 aromatic carbocycles. The van der Waals surface area contributed by atoms with Crippen molar-refractivity contribution in [1.82, 2.24) is 5.43 Å². The molecule has 0 atom stereocenters. The fourth-order valence-corrected chi connectivity index (χ4v) is 3.16. The number of rotatable bonds is 5. The van der Waals surface area contributed by atoms with E-state index in [-0.39, 0.29) is 10.4 Å². The van der Waals surface area contributed by atoms with Crippen LogP contribution >= 0.6 is 15.9 Å². The molecule has 3 aromatic rings. The molecular weight excluding hydrogens is 478 g/mol. The van der Waals surface area contributed by atoms with Gasteiger partial charge in [-0.25, -0.2) is 15.4 Å². The minimum atomic E-state index is -1.39. The van der Waals surface area contributed by atoms with Gasteiger partial charge in [0.1, 0.15) is 5.56 Å². The summed E-state index contributed by atoms with van der Waals surface area (Å²) in [5.41, 5.74) is -0.0353. The normalized spacial score (nSPS) is 10.4. The Balaban J connectivity index is 2.00. The van der Waals surface area contributed by atoms with Crippen LogP contribution in [-0.2, 0) is 4.74 Å². The van der Waals surface area contributed by atoms with E-state index < -0.39 is 45.3 Å². The number of hydrazine groups is 1. The number of amides is 1. The van der Waals surface area contributed by atoms with Crippen molar-refractivity contribution in [1.29, 1.82) is 0 Å². The van der Waals surface area contributed by atoms with Crippen LogP contribution in [0.3, 0.4) is 0 Å². The summed E-state index contributed by atoms with van der Waals surface area (Å²) < 4.78 is 10.3. The van der Waals surface area contributed by atoms with Gasteiger partial charge in [-0.3, -0.25) is 20.3 Å². The second kappa shape index (κ2) is 8.77. The summed E-state index contributed by atoms with van der Waals surface area (Å²) in [6.45, 7) is 0. The van der Waals surface area contributed by atoms with Crippen molar-refractivity contribution in [2.24, 2.45) is 5.84 Å². The number of nitro groups is 1. The number of nitrogens with zero attached hydrogens (tertiary/aromatic N) is 1. The van der Waals surface area contributed by atoms with Crippen LogP contribution in [0.2, 0.25) is 0 Å². The number of esters is 2. The molecule has 12 heteroatoms. The SMILES string of the molecule is NNC(=O)c1c(C(=O)OC(=O)c2oc(Br)cc2-c2ccccc2)ccc(O)c1[N+](=O)[O-]. The Morgan fingerprint density at radius 1 is 1.13 bits per heavy atom. The molecule has 4 N–H and O–H groups in total. The Morgan fingerprint density at radius 3 is 2.42 bits per heavy atom. The first-order valence-electron chi connectivity index (χ1n) is 8.37. The van der Waals surface area contributed by atoms with Crippen LogP contribution in [0, 0.1) is 10.1 Å². The smallest absolute Gasteiger partial charge is 0.382 e. The van der Waals surface area contributed by atoms with E-state index in [9.17, 15) is 29.6 Å². The van der Waals surface area contributed by atoms with Crippen molar-refractivity contribution >= 4 is 39.5 Å². The number of halogens is 1. The van der Waals surface area contributed by atoms with Gasteiger partial charge < -0.3 is 14.3 Å². The molecule has 0 radical (unpaired) electrons. The Hall–Kier alpha value is -4.03. The van der Waals surface area contributed by atoms with Crippen molar-refractivity contribution in [3.63, 3.8) is 0 Å². The van der Waals surface area contributed by atoms with E-state index in [4.69, 9.17) is 15.0 Å². The summed E-state index contributed by atoms with van der Waals surface area (Å²) in [6, 6.07) is 11.8. The van der Waals surface area contributed by atoms with Crippen molar-refractivity contribution in [2.45, 2.75) is 0 Å². The molecule has 1 aromatic heterocycles. The van der Waals surface area contributed by atoms with Crippen LogP contribution in [0.5, 0.6) is 5.75 Å². The number of phenols is 1. The van der Waals surface area contributed by atoms with Gasteiger partial charge >= 0.3 is 17.6 Å². The van der Waals surface area contributed by atoms with Crippen LogP contribution < -0.4 is 11.3 Å². The molecule has 31 heavy (non-hydrogen) atoms. The van der Waals surface area contributed by atoms with E-state index >= 15 is 0 Å². The molecule has 158 valence electrons. The van der Waals surface area contributed by atoms with Gasteiger partial charge in [0.2, 0.25) is 5.76 Å². The highest BCUT2D eigenvalue weighted by molar-refractivity contribution is 9.10. The highest BCUT2D eigenvalue weighted by Crippen LogP contribution is 2.34. The molecule has 1 amide bonds. The fourth-order valence-electron chi connectivity index (χ4n) is 2.77. The van der Waals surface area contributed by atoms with Gasteiger partial charge in [0.15, 0.2) is 10.4 Å². The van der Waals surface area contributed by atoms with E-state index in [1.54, 1.807) is 35.8 Å². The largest absolute Gasteiger partial charge is 0.502 e. The number of nitrogen functional groups attached to an aromatic ring is 1. The van der Waals surface area contributed by atoms with Crippen molar-refractivity contribution in [3.8, 4) is 16.9 Å². The summed E-state index contributed by atoms with van der Waals surface area (Å²) in [7, 11) is 0. The Kier molecular flexibility index (Phi) is 6.13. The number of carbonyl (C=O) groups excluding carboxylic acids is 3. The summed E-state index contributed by atoms with van der Waals surface area (Å²) >= 11 is 3.10. The number of hydrogen-bond donors (Lipinski definition) is 3. The lowest BCUT2D eigenvalue weighted by atomic mass is 10.0. The number of nitrogens with one attached hydrogen (secondary N) is 1. The van der Waals surface area contributed by atoms with E-state index in [1.165, 1.54) is 6.07 Å². The van der Waals surface area contributed by atoms with Gasteiger partial charge in [-0.15, -0.1) is 0 Å². The number of furan rings is 1. The summed E-state index contributed by atoms with van der Waals surface area (Å²) in [4.78, 5) is 47.4. The molecule has 0 saturated heterocycles. The second-order valence-electron chi connectivity index (χ2n) is 5.92. The molecule has 0 spiro atoms. The first-order valence-corrected chi connectivity index (χ1v) is 9.16. The Bertz CT molecular complexity index is 1210. The van der Waals surface area contributed by atoms with Crippen LogP contribution in [0.15, 0.2) is 57.6 Å². The third-order valence-corrected chi connectivity index (χ3v) is 4.47. The highest BCUT2D eigenvalue weighted by atomic mass is 79.9. The van der Waals surface area contributed by atoms with Crippen molar-refractivity contribution in [3.05, 3.63) is 80.2 Å². The standard InChI is InChI=1S/C19H12BrN3O8/c20-13-8-11(9-4-2-1-3-5-9)16(30-13)19(27)31-18(26)10-6-7-12(24)15(23(28)29)14(10)17(25)22-21/h1-8,24H,21H2,(H,22,25). The van der Waals surface area contributed by atoms with Crippen LogP contribution in [0.1, 0.15) is 31.3 Å². The molecule has 1 heterocycles. The van der Waals surface area contributed by atoms with Crippen LogP contribution in [-0.4, -0.2) is 27.9 Å². The number of phenolic OH excluding ortho intramolecular Hbond substituents is 1. The molecule has 0 aliphatic heterocycles. The number of nitrogens with two attached hydrogens (primary N) is 1. The van der Waals surface area contributed by atoms with Crippen LogP contribution in [0.25, 0.3) is 11.1 Å². The topological polar surface area (TPSA) is 175 Å². The quantitative estimate of drug-likeness (QED) is 0.121. The lowest BCUT2D eigenvalue weighted by Crippen LogP contribution is -2.32. The van der Waals surface area contributed by atoms with Crippen LogP contribution in [0.4, 0.5) is 5.69 Å². The van der Waals surface area contributed by atoms with Gasteiger partial charge in [0.05, 0.1) is 10.5 Å². The lowest BCUT2D eigenvalue weighted by Gasteiger charge is -2.09. The first kappa shape index (κ1) is 21.7. The molecular formula is C19H12BrN3O8. The minimum absolute atomic E-state index is 0.189. The minimum Gasteiger partial charge on any atom is -0.502 e. The lowest BCUT2D eigenvalue weighted by molar-refractivity contribution is -0.386. The molecule has 0 saturated carbocycles. The van der Waals surface area contributed by atoms with Gasteiger partial charge in [-0.05, 0) is 39.7 Å². The third-order valence-electron chi connectivity index (χ3n) is 4.07. The molecule has 3 rings (SSSR count). The average molecular weight is 490 g/mol. The molecule has 11 nitrogen and oxygen atoms in total. The zero-order chi connectivity index (χ0) is 22.7.